The predicted octanol–water partition coefficient (Wildman–Crippen LogP) is 11.0. The van der Waals surface area contributed by atoms with E-state index in [2.05, 4.69) is 61.5 Å². The van der Waals surface area contributed by atoms with Crippen LogP contribution in [0.4, 0.5) is 0 Å². The van der Waals surface area contributed by atoms with Gasteiger partial charge >= 0.3 is 0 Å². The minimum absolute atomic E-state index is 1.19. The summed E-state index contributed by atoms with van der Waals surface area (Å²) in [6.07, 6.45) is 31.4. The molecule has 0 amide bonds. The highest BCUT2D eigenvalue weighted by Crippen LogP contribution is 2.17. The van der Waals surface area contributed by atoms with E-state index >= 15 is 0 Å². The van der Waals surface area contributed by atoms with E-state index in [4.69, 9.17) is 0 Å². The molecule has 0 radical (unpaired) electrons. The van der Waals surface area contributed by atoms with E-state index in [1.807, 2.05) is 0 Å². The van der Waals surface area contributed by atoms with Gasteiger partial charge in [-0.2, -0.15) is 0 Å². The molecule has 0 bridgehead atoms. The Bertz CT molecular complexity index is 711. The summed E-state index contributed by atoms with van der Waals surface area (Å²) in [7, 11) is 0. The van der Waals surface area contributed by atoms with Crippen LogP contribution in [0.5, 0.6) is 0 Å². The van der Waals surface area contributed by atoms with Gasteiger partial charge in [0, 0.05) is 0 Å². The third kappa shape index (κ3) is 13.1. The lowest BCUT2D eigenvalue weighted by molar-refractivity contribution is 0.533. The van der Waals surface area contributed by atoms with E-state index in [0.29, 0.717) is 0 Å². The molecule has 0 aromatic heterocycles. The fourth-order valence-corrected chi connectivity index (χ4v) is 4.69. The van der Waals surface area contributed by atoms with Crippen molar-refractivity contribution in [1.29, 1.82) is 0 Å². The maximum atomic E-state index is 2.42. The number of allylic oxidation sites excluding steroid dienone is 2. The second kappa shape index (κ2) is 19.0. The Morgan fingerprint density at radius 1 is 0.500 bits per heavy atom. The Labute approximate surface area is 199 Å². The zero-order valence-electron chi connectivity index (χ0n) is 21.1. The van der Waals surface area contributed by atoms with Crippen molar-refractivity contribution in [2.24, 2.45) is 0 Å². The van der Waals surface area contributed by atoms with Crippen LogP contribution in [0.15, 0.2) is 54.6 Å². The first-order valence-electron chi connectivity index (χ1n) is 14.0. The molecule has 0 atom stereocenters. The lowest BCUT2D eigenvalue weighted by Gasteiger charge is -2.03. The summed E-state index contributed by atoms with van der Waals surface area (Å²) in [6.45, 7) is 2.30. The minimum atomic E-state index is 1.19. The van der Waals surface area contributed by atoms with Crippen molar-refractivity contribution >= 4 is 10.8 Å². The van der Waals surface area contributed by atoms with Gasteiger partial charge in [-0.1, -0.05) is 151 Å². The first-order chi connectivity index (χ1) is 15.9. The van der Waals surface area contributed by atoms with Crippen molar-refractivity contribution in [2.75, 3.05) is 0 Å². The van der Waals surface area contributed by atoms with Crippen LogP contribution in [0, 0.1) is 0 Å². The monoisotopic (exact) mass is 434 g/mol. The molecule has 0 aliphatic carbocycles. The zero-order chi connectivity index (χ0) is 22.5. The molecule has 32 heavy (non-hydrogen) atoms. The largest absolute Gasteiger partial charge is 0.0885 e. The summed E-state index contributed by atoms with van der Waals surface area (Å²) in [4.78, 5) is 0. The van der Waals surface area contributed by atoms with Crippen LogP contribution in [0.3, 0.4) is 0 Å². The summed E-state index contributed by atoms with van der Waals surface area (Å²) in [5, 5.41) is 2.72. The zero-order valence-corrected chi connectivity index (χ0v) is 21.1. The summed E-state index contributed by atoms with van der Waals surface area (Å²) < 4.78 is 0. The van der Waals surface area contributed by atoms with Crippen molar-refractivity contribution in [3.05, 3.63) is 60.2 Å². The molecule has 0 unspecified atom stereocenters. The molecule has 0 heterocycles. The summed E-state index contributed by atoms with van der Waals surface area (Å²) in [5.41, 5.74) is 1.47. The Kier molecular flexibility index (Phi) is 15.8. The molecule has 0 spiro atoms. The number of fused-ring (bicyclic) bond motifs is 1. The molecule has 2 aromatic rings. The van der Waals surface area contributed by atoms with Crippen LogP contribution in [0.2, 0.25) is 0 Å². The topological polar surface area (TPSA) is 0 Å². The second-order valence-corrected chi connectivity index (χ2v) is 9.78. The van der Waals surface area contributed by atoms with E-state index in [9.17, 15) is 0 Å². The van der Waals surface area contributed by atoms with Gasteiger partial charge in [0.2, 0.25) is 0 Å². The van der Waals surface area contributed by atoms with E-state index in [-0.39, 0.29) is 0 Å². The van der Waals surface area contributed by atoms with Crippen LogP contribution in [-0.4, -0.2) is 0 Å². The third-order valence-electron chi connectivity index (χ3n) is 6.79. The molecule has 0 fully saturated rings. The molecule has 2 aromatic carbocycles. The average molecular weight is 435 g/mol. The highest BCUT2D eigenvalue weighted by Gasteiger charge is 1.96. The van der Waals surface area contributed by atoms with Crippen LogP contribution in [-0.2, 0) is 6.42 Å². The molecule has 0 aliphatic rings. The Morgan fingerprint density at radius 3 is 1.59 bits per heavy atom. The quantitative estimate of drug-likeness (QED) is 0.143. The highest BCUT2D eigenvalue weighted by atomic mass is 14.0. The molecule has 0 heteroatoms. The Hall–Kier alpha value is -1.56. The lowest BCUT2D eigenvalue weighted by Crippen LogP contribution is -1.85. The minimum Gasteiger partial charge on any atom is -0.0885 e. The summed E-state index contributed by atoms with van der Waals surface area (Å²) >= 11 is 0. The molecule has 0 aliphatic heterocycles. The summed E-state index contributed by atoms with van der Waals surface area (Å²) in [5.74, 6) is 0. The second-order valence-electron chi connectivity index (χ2n) is 9.78. The number of rotatable bonds is 20. The average Bonchev–Trinajstić information content (AvgIpc) is 2.82. The molecule has 2 rings (SSSR count). The van der Waals surface area contributed by atoms with Crippen LogP contribution in [0.25, 0.3) is 10.8 Å². The van der Waals surface area contributed by atoms with Gasteiger partial charge in [0.25, 0.3) is 0 Å². The van der Waals surface area contributed by atoms with Crippen molar-refractivity contribution < 1.29 is 0 Å². The number of hydrogen-bond acceptors (Lipinski definition) is 0. The molecule has 0 saturated carbocycles. The number of unbranched alkanes of at least 4 members (excludes halogenated alkanes) is 16. The fourth-order valence-electron chi connectivity index (χ4n) is 4.69. The van der Waals surface area contributed by atoms with Gasteiger partial charge in [-0.25, -0.2) is 0 Å². The molecule has 0 nitrogen and oxygen atoms in total. The van der Waals surface area contributed by atoms with Gasteiger partial charge < -0.3 is 0 Å². The highest BCUT2D eigenvalue weighted by molar-refractivity contribution is 5.82. The number of benzene rings is 2. The van der Waals surface area contributed by atoms with E-state index in [1.165, 1.54) is 138 Å². The van der Waals surface area contributed by atoms with E-state index in [0.717, 1.165) is 0 Å². The van der Waals surface area contributed by atoms with E-state index < -0.39 is 0 Å². The smallest absolute Gasteiger partial charge is 0.0181 e. The molecule has 0 saturated heterocycles. The van der Waals surface area contributed by atoms with Gasteiger partial charge in [0.05, 0.1) is 0 Å². The maximum Gasteiger partial charge on any atom is -0.0181 e. The van der Waals surface area contributed by atoms with Crippen molar-refractivity contribution in [3.8, 4) is 0 Å². The number of aryl methyl sites for hydroxylation is 1. The standard InChI is InChI=1S/C32H50/c1-2-3-4-5-6-7-8-9-10-11-12-13-14-15-16-17-18-19-20-21-24-30-27-28-31-25-22-23-26-32(31)29-30/h18-19,22-23,25-29H,2-17,20-21,24H2,1H3/b19-18+. The van der Waals surface area contributed by atoms with Crippen LogP contribution < -0.4 is 0 Å². The third-order valence-corrected chi connectivity index (χ3v) is 6.79. The van der Waals surface area contributed by atoms with Gasteiger partial charge in [-0.05, 0) is 48.4 Å². The number of hydrogen-bond donors (Lipinski definition) is 0. The van der Waals surface area contributed by atoms with Gasteiger partial charge in [-0.15, -0.1) is 0 Å². The maximum absolute atomic E-state index is 2.42. The molecular formula is C32H50. The molecule has 0 N–H and O–H groups in total. The Morgan fingerprint density at radius 2 is 1.00 bits per heavy atom. The van der Waals surface area contributed by atoms with Crippen molar-refractivity contribution in [2.45, 2.75) is 129 Å². The van der Waals surface area contributed by atoms with Gasteiger partial charge in [0.15, 0.2) is 0 Å². The van der Waals surface area contributed by atoms with Crippen LogP contribution >= 0.6 is 0 Å². The Balaban J connectivity index is 1.32. The fraction of sp³-hybridized carbons (Fsp3) is 0.625. The SMILES string of the molecule is CCCCCCCCCCCCCCCCC/C=C/CCCc1ccc2ccccc2c1. The predicted molar refractivity (Wildman–Crippen MR) is 146 cm³/mol. The van der Waals surface area contributed by atoms with Gasteiger partial charge in [0.1, 0.15) is 0 Å². The lowest BCUT2D eigenvalue weighted by atomic mass is 10.0. The van der Waals surface area contributed by atoms with E-state index in [1.54, 1.807) is 0 Å². The molecular weight excluding hydrogens is 384 g/mol. The first kappa shape index (κ1) is 26.7. The van der Waals surface area contributed by atoms with Gasteiger partial charge in [-0.3, -0.25) is 0 Å². The van der Waals surface area contributed by atoms with Crippen LogP contribution in [0.1, 0.15) is 128 Å². The molecule has 178 valence electrons. The first-order valence-corrected chi connectivity index (χ1v) is 14.0. The van der Waals surface area contributed by atoms with Crippen molar-refractivity contribution in [3.63, 3.8) is 0 Å². The normalized spacial score (nSPS) is 11.7. The van der Waals surface area contributed by atoms with Crippen molar-refractivity contribution in [1.82, 2.24) is 0 Å². The summed E-state index contributed by atoms with van der Waals surface area (Å²) in [6, 6.07) is 15.6.